The molecular weight excluding hydrogens is 188 g/mol. The molecule has 2 nitrogen and oxygen atoms in total. The van der Waals surface area contributed by atoms with E-state index >= 15 is 0 Å². The Balaban J connectivity index is 1.74. The standard InChI is InChI=1S/C13H24O2/c1-10(12-5-3-7-14-12)9-11(2)13-6-4-8-15-13/h10-13H,3-9H2,1-2H3. The molecule has 2 heteroatoms. The van der Waals surface area contributed by atoms with E-state index < -0.39 is 0 Å². The molecule has 15 heavy (non-hydrogen) atoms. The van der Waals surface area contributed by atoms with Crippen LogP contribution < -0.4 is 0 Å². The van der Waals surface area contributed by atoms with Gasteiger partial charge in [-0.3, -0.25) is 0 Å². The van der Waals surface area contributed by atoms with Gasteiger partial charge in [-0.2, -0.15) is 0 Å². The van der Waals surface area contributed by atoms with Crippen LogP contribution in [0.3, 0.4) is 0 Å². The molecule has 4 atom stereocenters. The summed E-state index contributed by atoms with van der Waals surface area (Å²) in [5.74, 6) is 1.40. The van der Waals surface area contributed by atoms with Gasteiger partial charge in [-0.05, 0) is 43.9 Å². The molecule has 0 aliphatic carbocycles. The average molecular weight is 212 g/mol. The SMILES string of the molecule is CC(CC(C)C1CCCO1)C1CCCO1. The van der Waals surface area contributed by atoms with Gasteiger partial charge in [0.1, 0.15) is 0 Å². The first-order valence-electron chi connectivity index (χ1n) is 6.50. The van der Waals surface area contributed by atoms with Crippen LogP contribution in [0.25, 0.3) is 0 Å². The van der Waals surface area contributed by atoms with Gasteiger partial charge in [-0.25, -0.2) is 0 Å². The summed E-state index contributed by atoms with van der Waals surface area (Å²) in [5.41, 5.74) is 0. The topological polar surface area (TPSA) is 18.5 Å². The van der Waals surface area contributed by atoms with Crippen molar-refractivity contribution in [1.29, 1.82) is 0 Å². The Kier molecular flexibility index (Phi) is 4.04. The fourth-order valence-corrected chi connectivity index (χ4v) is 2.99. The fourth-order valence-electron chi connectivity index (χ4n) is 2.99. The predicted octanol–water partition coefficient (Wildman–Crippen LogP) is 3.01. The number of hydrogen-bond acceptors (Lipinski definition) is 2. The van der Waals surface area contributed by atoms with E-state index in [-0.39, 0.29) is 0 Å². The van der Waals surface area contributed by atoms with Crippen LogP contribution >= 0.6 is 0 Å². The van der Waals surface area contributed by atoms with Gasteiger partial charge in [0.25, 0.3) is 0 Å². The van der Waals surface area contributed by atoms with E-state index in [1.54, 1.807) is 0 Å². The monoisotopic (exact) mass is 212 g/mol. The van der Waals surface area contributed by atoms with Crippen LogP contribution in [0.2, 0.25) is 0 Å². The molecular formula is C13H24O2. The molecule has 0 spiro atoms. The second-order valence-corrected chi connectivity index (χ2v) is 5.29. The van der Waals surface area contributed by atoms with Crippen molar-refractivity contribution in [2.45, 2.75) is 58.2 Å². The summed E-state index contributed by atoms with van der Waals surface area (Å²) in [5, 5.41) is 0. The van der Waals surface area contributed by atoms with Gasteiger partial charge in [0, 0.05) is 13.2 Å². The van der Waals surface area contributed by atoms with Gasteiger partial charge in [-0.15, -0.1) is 0 Å². The molecule has 0 saturated carbocycles. The van der Waals surface area contributed by atoms with Gasteiger partial charge < -0.3 is 9.47 Å². The van der Waals surface area contributed by atoms with Crippen molar-refractivity contribution in [2.75, 3.05) is 13.2 Å². The van der Waals surface area contributed by atoms with Gasteiger partial charge in [0.2, 0.25) is 0 Å². The molecule has 88 valence electrons. The minimum atomic E-state index is 0.522. The number of rotatable bonds is 4. The molecule has 0 aromatic heterocycles. The smallest absolute Gasteiger partial charge is 0.0601 e. The molecule has 0 amide bonds. The maximum Gasteiger partial charge on any atom is 0.0601 e. The Bertz CT molecular complexity index is 161. The lowest BCUT2D eigenvalue weighted by molar-refractivity contribution is 0.0291. The van der Waals surface area contributed by atoms with Gasteiger partial charge >= 0.3 is 0 Å². The zero-order chi connectivity index (χ0) is 10.7. The van der Waals surface area contributed by atoms with Crippen molar-refractivity contribution in [3.05, 3.63) is 0 Å². The Morgan fingerprint density at radius 3 is 1.73 bits per heavy atom. The van der Waals surface area contributed by atoms with E-state index in [2.05, 4.69) is 13.8 Å². The van der Waals surface area contributed by atoms with Crippen LogP contribution in [0.15, 0.2) is 0 Å². The highest BCUT2D eigenvalue weighted by molar-refractivity contribution is 4.78. The summed E-state index contributed by atoms with van der Waals surface area (Å²) in [6, 6.07) is 0. The first-order chi connectivity index (χ1) is 7.27. The molecule has 0 aromatic rings. The van der Waals surface area contributed by atoms with E-state index in [0.717, 1.165) is 13.2 Å². The summed E-state index contributed by atoms with van der Waals surface area (Å²) in [6.45, 7) is 6.62. The van der Waals surface area contributed by atoms with Crippen LogP contribution in [0.1, 0.15) is 46.0 Å². The van der Waals surface area contributed by atoms with Gasteiger partial charge in [0.15, 0.2) is 0 Å². The number of hydrogen-bond donors (Lipinski definition) is 0. The largest absolute Gasteiger partial charge is 0.378 e. The molecule has 2 rings (SSSR count). The Morgan fingerprint density at radius 1 is 0.933 bits per heavy atom. The normalized spacial score (nSPS) is 35.6. The molecule has 0 N–H and O–H groups in total. The summed E-state index contributed by atoms with van der Waals surface area (Å²) in [7, 11) is 0. The molecule has 0 bridgehead atoms. The third kappa shape index (κ3) is 2.94. The predicted molar refractivity (Wildman–Crippen MR) is 60.9 cm³/mol. The second kappa shape index (κ2) is 5.31. The molecule has 2 fully saturated rings. The Labute approximate surface area is 93.3 Å². The van der Waals surface area contributed by atoms with Crippen LogP contribution in [-0.4, -0.2) is 25.4 Å². The van der Waals surface area contributed by atoms with Crippen molar-refractivity contribution in [2.24, 2.45) is 11.8 Å². The molecule has 2 heterocycles. The highest BCUT2D eigenvalue weighted by atomic mass is 16.5. The molecule has 2 aliphatic heterocycles. The van der Waals surface area contributed by atoms with E-state index in [4.69, 9.17) is 9.47 Å². The van der Waals surface area contributed by atoms with E-state index in [9.17, 15) is 0 Å². The minimum absolute atomic E-state index is 0.522. The van der Waals surface area contributed by atoms with Gasteiger partial charge in [-0.1, -0.05) is 13.8 Å². The first-order valence-corrected chi connectivity index (χ1v) is 6.50. The first kappa shape index (κ1) is 11.4. The number of ether oxygens (including phenoxy) is 2. The van der Waals surface area contributed by atoms with Crippen molar-refractivity contribution in [3.63, 3.8) is 0 Å². The van der Waals surface area contributed by atoms with Crippen molar-refractivity contribution in [1.82, 2.24) is 0 Å². The Hall–Kier alpha value is -0.0800. The zero-order valence-corrected chi connectivity index (χ0v) is 10.1. The molecule has 0 aromatic carbocycles. The minimum Gasteiger partial charge on any atom is -0.378 e. The summed E-state index contributed by atoms with van der Waals surface area (Å²) < 4.78 is 11.5. The summed E-state index contributed by atoms with van der Waals surface area (Å²) in [6.07, 6.45) is 7.34. The third-order valence-corrected chi connectivity index (χ3v) is 3.94. The van der Waals surface area contributed by atoms with Crippen LogP contribution in [-0.2, 0) is 9.47 Å². The lowest BCUT2D eigenvalue weighted by atomic mass is 9.88. The summed E-state index contributed by atoms with van der Waals surface area (Å²) >= 11 is 0. The van der Waals surface area contributed by atoms with Crippen LogP contribution in [0.4, 0.5) is 0 Å². The quantitative estimate of drug-likeness (QED) is 0.713. The van der Waals surface area contributed by atoms with Gasteiger partial charge in [0.05, 0.1) is 12.2 Å². The Morgan fingerprint density at radius 2 is 1.40 bits per heavy atom. The molecule has 4 unspecified atom stereocenters. The van der Waals surface area contributed by atoms with Crippen LogP contribution in [0.5, 0.6) is 0 Å². The van der Waals surface area contributed by atoms with E-state index in [1.807, 2.05) is 0 Å². The van der Waals surface area contributed by atoms with Crippen molar-refractivity contribution >= 4 is 0 Å². The lowest BCUT2D eigenvalue weighted by Gasteiger charge is -2.25. The fraction of sp³-hybridized carbons (Fsp3) is 1.00. The van der Waals surface area contributed by atoms with E-state index in [1.165, 1.54) is 32.1 Å². The van der Waals surface area contributed by atoms with Crippen LogP contribution in [0, 0.1) is 11.8 Å². The zero-order valence-electron chi connectivity index (χ0n) is 10.1. The van der Waals surface area contributed by atoms with Crippen molar-refractivity contribution in [3.8, 4) is 0 Å². The highest BCUT2D eigenvalue weighted by Crippen LogP contribution is 2.30. The van der Waals surface area contributed by atoms with Crippen molar-refractivity contribution < 1.29 is 9.47 Å². The lowest BCUT2D eigenvalue weighted by Crippen LogP contribution is -2.24. The average Bonchev–Trinajstić information content (AvgIpc) is 2.91. The highest BCUT2D eigenvalue weighted by Gasteiger charge is 2.28. The third-order valence-electron chi connectivity index (χ3n) is 3.94. The molecule has 0 radical (unpaired) electrons. The molecule has 2 aliphatic rings. The second-order valence-electron chi connectivity index (χ2n) is 5.29. The molecule has 2 saturated heterocycles. The van der Waals surface area contributed by atoms with E-state index in [0.29, 0.717) is 24.0 Å². The summed E-state index contributed by atoms with van der Waals surface area (Å²) in [4.78, 5) is 0. The maximum absolute atomic E-state index is 5.74. The maximum atomic E-state index is 5.74.